The predicted octanol–water partition coefficient (Wildman–Crippen LogP) is 1.93. The first-order valence-corrected chi connectivity index (χ1v) is 6.33. The highest BCUT2D eigenvalue weighted by atomic mass is 16.6. The van der Waals surface area contributed by atoms with Crippen LogP contribution < -0.4 is 0 Å². The number of nitrogens with zero attached hydrogens (tertiary/aromatic N) is 2. The molecule has 0 bridgehead atoms. The number of aliphatic hydroxyl groups excluding tert-OH is 1. The van der Waals surface area contributed by atoms with E-state index in [1.165, 1.54) is 17.0 Å². The first kappa shape index (κ1) is 16.1. The van der Waals surface area contributed by atoms with Crippen molar-refractivity contribution in [3.63, 3.8) is 0 Å². The minimum absolute atomic E-state index is 0.0359. The number of carbonyl (C=O) groups is 1. The van der Waals surface area contributed by atoms with Gasteiger partial charge >= 0.3 is 0 Å². The largest absolute Gasteiger partial charge is 0.394 e. The number of carbonyl (C=O) groups excluding carboxylic acids is 1. The van der Waals surface area contributed by atoms with E-state index in [0.717, 1.165) is 0 Å². The molecule has 1 unspecified atom stereocenters. The highest BCUT2D eigenvalue weighted by Crippen LogP contribution is 2.24. The second-order valence-electron chi connectivity index (χ2n) is 5.44. The minimum Gasteiger partial charge on any atom is -0.394 e. The zero-order chi connectivity index (χ0) is 15.5. The molecule has 1 amide bonds. The van der Waals surface area contributed by atoms with Crippen molar-refractivity contribution in [2.45, 2.75) is 32.2 Å². The summed E-state index contributed by atoms with van der Waals surface area (Å²) in [7, 11) is 1.62. The Hall–Kier alpha value is -1.95. The molecule has 6 nitrogen and oxygen atoms in total. The van der Waals surface area contributed by atoms with Crippen LogP contribution in [-0.4, -0.2) is 40.0 Å². The van der Waals surface area contributed by atoms with Gasteiger partial charge in [0, 0.05) is 19.2 Å². The van der Waals surface area contributed by atoms with E-state index in [-0.39, 0.29) is 18.2 Å². The number of aliphatic hydroxyl groups is 1. The van der Waals surface area contributed by atoms with Crippen molar-refractivity contribution in [1.82, 2.24) is 4.90 Å². The molecule has 0 aliphatic rings. The molecule has 1 N–H and O–H groups in total. The summed E-state index contributed by atoms with van der Waals surface area (Å²) in [5.74, 6) is -0.699. The van der Waals surface area contributed by atoms with Gasteiger partial charge in [-0.15, -0.1) is 0 Å². The van der Waals surface area contributed by atoms with E-state index in [0.29, 0.717) is 5.56 Å². The molecule has 0 saturated carbocycles. The third-order valence-corrected chi connectivity index (χ3v) is 3.58. The van der Waals surface area contributed by atoms with E-state index in [9.17, 15) is 20.0 Å². The van der Waals surface area contributed by atoms with Crippen LogP contribution in [0.5, 0.6) is 0 Å². The lowest BCUT2D eigenvalue weighted by Gasteiger charge is -2.35. The summed E-state index contributed by atoms with van der Waals surface area (Å²) in [6, 6.07) is 6.05. The summed E-state index contributed by atoms with van der Waals surface area (Å²) in [4.78, 5) is 24.1. The number of rotatable bonds is 5. The number of amides is 1. The first-order valence-electron chi connectivity index (χ1n) is 6.33. The highest BCUT2D eigenvalue weighted by molar-refractivity contribution is 5.84. The Morgan fingerprint density at radius 2 is 2.10 bits per heavy atom. The molecule has 0 spiro atoms. The lowest BCUT2D eigenvalue weighted by atomic mass is 9.96. The second-order valence-corrected chi connectivity index (χ2v) is 5.44. The summed E-state index contributed by atoms with van der Waals surface area (Å²) in [5.41, 5.74) is -0.123. The average Bonchev–Trinajstić information content (AvgIpc) is 2.44. The van der Waals surface area contributed by atoms with Crippen LogP contribution in [0.4, 0.5) is 5.69 Å². The maximum atomic E-state index is 12.4. The number of nitro benzene ring substituents is 1. The van der Waals surface area contributed by atoms with E-state index in [1.54, 1.807) is 40.0 Å². The van der Waals surface area contributed by atoms with Crippen molar-refractivity contribution in [1.29, 1.82) is 0 Å². The summed E-state index contributed by atoms with van der Waals surface area (Å²) in [6.07, 6.45) is 0. The maximum Gasteiger partial charge on any atom is 0.269 e. The van der Waals surface area contributed by atoms with E-state index >= 15 is 0 Å². The summed E-state index contributed by atoms with van der Waals surface area (Å²) >= 11 is 0. The van der Waals surface area contributed by atoms with Crippen LogP contribution in [0.2, 0.25) is 0 Å². The number of non-ortho nitro benzene ring substituents is 1. The third kappa shape index (κ3) is 3.33. The molecule has 1 aromatic rings. The molecule has 0 radical (unpaired) electrons. The SMILES string of the molecule is CC(C(=O)N(C)C(C)(C)CO)c1cccc([N+](=O)[O-])c1. The number of benzene rings is 1. The van der Waals surface area contributed by atoms with Crippen LogP contribution in [0.15, 0.2) is 24.3 Å². The maximum absolute atomic E-state index is 12.4. The van der Waals surface area contributed by atoms with Crippen LogP contribution in [-0.2, 0) is 4.79 Å². The molecule has 0 aliphatic carbocycles. The van der Waals surface area contributed by atoms with Gasteiger partial charge in [0.25, 0.3) is 5.69 Å². The van der Waals surface area contributed by atoms with Gasteiger partial charge in [-0.2, -0.15) is 0 Å². The van der Waals surface area contributed by atoms with Gasteiger partial charge in [-0.25, -0.2) is 0 Å². The molecule has 0 saturated heterocycles. The Morgan fingerprint density at radius 1 is 1.50 bits per heavy atom. The van der Waals surface area contributed by atoms with Crippen LogP contribution in [0.25, 0.3) is 0 Å². The van der Waals surface area contributed by atoms with Crippen molar-refractivity contribution >= 4 is 11.6 Å². The molecule has 1 rings (SSSR count). The monoisotopic (exact) mass is 280 g/mol. The Balaban J connectivity index is 3.00. The van der Waals surface area contributed by atoms with Gasteiger partial charge in [0.05, 0.1) is 23.0 Å². The highest BCUT2D eigenvalue weighted by Gasteiger charge is 2.30. The van der Waals surface area contributed by atoms with E-state index in [1.807, 2.05) is 0 Å². The van der Waals surface area contributed by atoms with Crippen LogP contribution in [0.3, 0.4) is 0 Å². The zero-order valence-electron chi connectivity index (χ0n) is 12.2. The molecule has 1 atom stereocenters. The Bertz CT molecular complexity index is 514. The smallest absolute Gasteiger partial charge is 0.269 e. The second kappa shape index (κ2) is 6.00. The standard InChI is InChI=1S/C14H20N2O4/c1-10(13(18)15(4)14(2,3)9-17)11-6-5-7-12(8-11)16(19)20/h5-8,10,17H,9H2,1-4H3. The van der Waals surface area contributed by atoms with Crippen molar-refractivity contribution < 1.29 is 14.8 Å². The van der Waals surface area contributed by atoms with Crippen LogP contribution >= 0.6 is 0 Å². The molecule has 110 valence electrons. The molecular weight excluding hydrogens is 260 g/mol. The molecule has 6 heteroatoms. The molecule has 0 aromatic heterocycles. The van der Waals surface area contributed by atoms with Gasteiger partial charge in [-0.1, -0.05) is 12.1 Å². The van der Waals surface area contributed by atoms with Gasteiger partial charge in [-0.3, -0.25) is 14.9 Å². The van der Waals surface area contributed by atoms with E-state index in [2.05, 4.69) is 0 Å². The fraction of sp³-hybridized carbons (Fsp3) is 0.500. The van der Waals surface area contributed by atoms with Gasteiger partial charge < -0.3 is 10.0 Å². The fourth-order valence-corrected chi connectivity index (χ4v) is 1.75. The number of nitro groups is 1. The predicted molar refractivity (Wildman–Crippen MR) is 75.4 cm³/mol. The van der Waals surface area contributed by atoms with Crippen molar-refractivity contribution in [3.05, 3.63) is 39.9 Å². The minimum atomic E-state index is -0.675. The number of hydrogen-bond acceptors (Lipinski definition) is 4. The first-order chi connectivity index (χ1) is 9.20. The molecule has 1 aromatic carbocycles. The molecule has 0 heterocycles. The average molecular weight is 280 g/mol. The molecular formula is C14H20N2O4. The Morgan fingerprint density at radius 3 is 2.60 bits per heavy atom. The fourth-order valence-electron chi connectivity index (χ4n) is 1.75. The van der Waals surface area contributed by atoms with Crippen molar-refractivity contribution in [2.24, 2.45) is 0 Å². The van der Waals surface area contributed by atoms with E-state index in [4.69, 9.17) is 0 Å². The summed E-state index contributed by atoms with van der Waals surface area (Å²) < 4.78 is 0. The summed E-state index contributed by atoms with van der Waals surface area (Å²) in [5, 5.41) is 20.1. The topological polar surface area (TPSA) is 83.7 Å². The number of likely N-dealkylation sites (N-methyl/N-ethyl adjacent to an activating group) is 1. The Kier molecular flexibility index (Phi) is 4.83. The lowest BCUT2D eigenvalue weighted by molar-refractivity contribution is -0.384. The molecule has 0 aliphatic heterocycles. The van der Waals surface area contributed by atoms with E-state index < -0.39 is 16.4 Å². The van der Waals surface area contributed by atoms with Crippen molar-refractivity contribution in [3.8, 4) is 0 Å². The normalized spacial score (nSPS) is 12.8. The van der Waals surface area contributed by atoms with Crippen molar-refractivity contribution in [2.75, 3.05) is 13.7 Å². The third-order valence-electron chi connectivity index (χ3n) is 3.58. The van der Waals surface area contributed by atoms with Gasteiger partial charge in [0.1, 0.15) is 0 Å². The number of hydrogen-bond donors (Lipinski definition) is 1. The van der Waals surface area contributed by atoms with Crippen LogP contribution in [0, 0.1) is 10.1 Å². The molecule has 0 fully saturated rings. The van der Waals surface area contributed by atoms with Gasteiger partial charge in [0.2, 0.25) is 5.91 Å². The molecule has 20 heavy (non-hydrogen) atoms. The lowest BCUT2D eigenvalue weighted by Crippen LogP contribution is -2.49. The summed E-state index contributed by atoms with van der Waals surface area (Å²) in [6.45, 7) is 5.05. The van der Waals surface area contributed by atoms with Crippen LogP contribution in [0.1, 0.15) is 32.3 Å². The Labute approximate surface area is 118 Å². The van der Waals surface area contributed by atoms with Gasteiger partial charge in [0.15, 0.2) is 0 Å². The van der Waals surface area contributed by atoms with Gasteiger partial charge in [-0.05, 0) is 26.3 Å². The zero-order valence-corrected chi connectivity index (χ0v) is 12.2. The quantitative estimate of drug-likeness (QED) is 0.659.